The van der Waals surface area contributed by atoms with Gasteiger partial charge in [-0.1, -0.05) is 39.0 Å². The van der Waals surface area contributed by atoms with Gasteiger partial charge in [0.05, 0.1) is 12.2 Å². The standard InChI is InChI=1S/C19H30N4OS/c1-12(19(2,3)4)17(24)22-8-7-15-16(11-22)25-18(21-15)23-13-5-6-14(23)10-20-9-13/h12-14,20H,5-11H2,1-4H3. The van der Waals surface area contributed by atoms with Crippen molar-refractivity contribution >= 4 is 22.4 Å². The number of anilines is 1. The highest BCUT2D eigenvalue weighted by molar-refractivity contribution is 7.15. The summed E-state index contributed by atoms with van der Waals surface area (Å²) >= 11 is 1.82. The van der Waals surface area contributed by atoms with Crippen LogP contribution in [-0.4, -0.2) is 47.5 Å². The maximum atomic E-state index is 12.9. The first-order chi connectivity index (χ1) is 11.8. The normalized spacial score (nSPS) is 27.4. The summed E-state index contributed by atoms with van der Waals surface area (Å²) in [6, 6.07) is 1.20. The van der Waals surface area contributed by atoms with Gasteiger partial charge < -0.3 is 15.1 Å². The summed E-state index contributed by atoms with van der Waals surface area (Å²) in [5, 5.41) is 4.73. The van der Waals surface area contributed by atoms with E-state index in [2.05, 4.69) is 37.9 Å². The van der Waals surface area contributed by atoms with E-state index in [-0.39, 0.29) is 17.2 Å². The summed E-state index contributed by atoms with van der Waals surface area (Å²) in [6.45, 7) is 12.2. The van der Waals surface area contributed by atoms with E-state index in [1.165, 1.54) is 28.5 Å². The topological polar surface area (TPSA) is 48.5 Å². The first-order valence-corrected chi connectivity index (χ1v) is 10.4. The fraction of sp³-hybridized carbons (Fsp3) is 0.789. The quantitative estimate of drug-likeness (QED) is 0.879. The molecule has 0 aliphatic carbocycles. The highest BCUT2D eigenvalue weighted by Gasteiger charge is 2.39. The molecule has 2 saturated heterocycles. The van der Waals surface area contributed by atoms with Crippen LogP contribution in [0, 0.1) is 11.3 Å². The van der Waals surface area contributed by atoms with E-state index < -0.39 is 0 Å². The molecule has 138 valence electrons. The van der Waals surface area contributed by atoms with Crippen molar-refractivity contribution in [1.82, 2.24) is 15.2 Å². The van der Waals surface area contributed by atoms with E-state index in [1.807, 2.05) is 16.2 Å². The highest BCUT2D eigenvalue weighted by atomic mass is 32.1. The molecule has 4 rings (SSSR count). The van der Waals surface area contributed by atoms with Gasteiger partial charge in [0.15, 0.2) is 5.13 Å². The van der Waals surface area contributed by atoms with Gasteiger partial charge >= 0.3 is 0 Å². The summed E-state index contributed by atoms with van der Waals surface area (Å²) in [4.78, 5) is 23.8. The molecule has 3 atom stereocenters. The minimum absolute atomic E-state index is 0.0101. The lowest BCUT2D eigenvalue weighted by atomic mass is 9.81. The second kappa shape index (κ2) is 6.23. The predicted octanol–water partition coefficient (Wildman–Crippen LogP) is 2.65. The van der Waals surface area contributed by atoms with E-state index >= 15 is 0 Å². The van der Waals surface area contributed by atoms with Crippen LogP contribution in [-0.2, 0) is 17.8 Å². The van der Waals surface area contributed by atoms with Crippen molar-refractivity contribution in [3.05, 3.63) is 10.6 Å². The SMILES string of the molecule is CC(C(=O)N1CCc2nc(N3C4CCC3CNC4)sc2C1)C(C)(C)C. The van der Waals surface area contributed by atoms with Crippen LogP contribution >= 0.6 is 11.3 Å². The number of carbonyl (C=O) groups is 1. The molecule has 1 N–H and O–H groups in total. The number of thiazole rings is 1. The van der Waals surface area contributed by atoms with Gasteiger partial charge in [-0.3, -0.25) is 4.79 Å². The highest BCUT2D eigenvalue weighted by Crippen LogP contribution is 2.38. The fourth-order valence-electron chi connectivity index (χ4n) is 4.22. The number of nitrogens with one attached hydrogen (secondary N) is 1. The monoisotopic (exact) mass is 362 g/mol. The van der Waals surface area contributed by atoms with Gasteiger partial charge in [0.25, 0.3) is 0 Å². The van der Waals surface area contributed by atoms with Crippen LogP contribution in [0.5, 0.6) is 0 Å². The lowest BCUT2D eigenvalue weighted by Crippen LogP contribution is -2.51. The Balaban J connectivity index is 1.51. The van der Waals surface area contributed by atoms with Gasteiger partial charge in [-0.2, -0.15) is 0 Å². The molecule has 4 heterocycles. The van der Waals surface area contributed by atoms with Crippen LogP contribution in [0.2, 0.25) is 0 Å². The van der Waals surface area contributed by atoms with E-state index in [4.69, 9.17) is 4.98 Å². The van der Waals surface area contributed by atoms with Gasteiger partial charge in [-0.25, -0.2) is 4.98 Å². The largest absolute Gasteiger partial charge is 0.340 e. The molecule has 0 spiro atoms. The summed E-state index contributed by atoms with van der Waals surface area (Å²) in [5.74, 6) is 0.334. The second-order valence-corrected chi connectivity index (χ2v) is 9.98. The maximum Gasteiger partial charge on any atom is 0.226 e. The Hall–Kier alpha value is -1.14. The molecule has 2 fully saturated rings. The average molecular weight is 363 g/mol. The molecule has 6 heteroatoms. The Morgan fingerprint density at radius 3 is 2.60 bits per heavy atom. The van der Waals surface area contributed by atoms with Crippen molar-refractivity contribution in [2.75, 3.05) is 24.5 Å². The summed E-state index contributed by atoms with van der Waals surface area (Å²) in [6.07, 6.45) is 3.45. The number of piperazine rings is 1. The average Bonchev–Trinajstić information content (AvgIpc) is 3.09. The molecule has 1 aromatic rings. The zero-order valence-corrected chi connectivity index (χ0v) is 16.7. The van der Waals surface area contributed by atoms with E-state index in [0.717, 1.165) is 32.6 Å². The Kier molecular flexibility index (Phi) is 4.31. The van der Waals surface area contributed by atoms with Crippen LogP contribution in [0.15, 0.2) is 0 Å². The molecule has 1 amide bonds. The summed E-state index contributed by atoms with van der Waals surface area (Å²) < 4.78 is 0. The number of aromatic nitrogens is 1. The summed E-state index contributed by atoms with van der Waals surface area (Å²) in [7, 11) is 0. The van der Waals surface area contributed by atoms with Crippen LogP contribution < -0.4 is 10.2 Å². The lowest BCUT2D eigenvalue weighted by Gasteiger charge is -2.35. The number of hydrogen-bond donors (Lipinski definition) is 1. The third-order valence-electron chi connectivity index (χ3n) is 6.30. The number of carbonyl (C=O) groups excluding carboxylic acids is 1. The second-order valence-electron chi connectivity index (χ2n) is 8.91. The summed E-state index contributed by atoms with van der Waals surface area (Å²) in [5.41, 5.74) is 1.24. The van der Waals surface area contributed by atoms with Crippen molar-refractivity contribution in [3.8, 4) is 0 Å². The molecule has 3 aliphatic rings. The van der Waals surface area contributed by atoms with E-state index in [1.54, 1.807) is 0 Å². The third-order valence-corrected chi connectivity index (χ3v) is 7.40. The minimum atomic E-state index is 0.0101. The fourth-order valence-corrected chi connectivity index (χ4v) is 5.48. The predicted molar refractivity (Wildman–Crippen MR) is 102 cm³/mol. The van der Waals surface area contributed by atoms with Gasteiger partial charge in [0, 0.05) is 48.9 Å². The van der Waals surface area contributed by atoms with E-state index in [9.17, 15) is 4.79 Å². The van der Waals surface area contributed by atoms with Gasteiger partial charge in [-0.15, -0.1) is 0 Å². The lowest BCUT2D eigenvalue weighted by molar-refractivity contribution is -0.139. The Morgan fingerprint density at radius 2 is 1.96 bits per heavy atom. The minimum Gasteiger partial charge on any atom is -0.340 e. The van der Waals surface area contributed by atoms with Crippen LogP contribution in [0.1, 0.15) is 51.1 Å². The molecule has 1 aromatic heterocycles. The van der Waals surface area contributed by atoms with Crippen molar-refractivity contribution in [2.24, 2.45) is 11.3 Å². The zero-order valence-electron chi connectivity index (χ0n) is 15.8. The molecule has 25 heavy (non-hydrogen) atoms. The number of hydrogen-bond acceptors (Lipinski definition) is 5. The van der Waals surface area contributed by atoms with Crippen LogP contribution in [0.25, 0.3) is 0 Å². The molecular formula is C19H30N4OS. The number of nitrogens with zero attached hydrogens (tertiary/aromatic N) is 3. The number of fused-ring (bicyclic) bond motifs is 3. The van der Waals surface area contributed by atoms with Crippen molar-refractivity contribution < 1.29 is 4.79 Å². The number of rotatable bonds is 2. The molecule has 0 saturated carbocycles. The molecule has 2 bridgehead atoms. The van der Waals surface area contributed by atoms with Gasteiger partial charge in [-0.05, 0) is 18.3 Å². The zero-order chi connectivity index (χ0) is 17.8. The molecule has 3 aliphatic heterocycles. The first kappa shape index (κ1) is 17.3. The molecule has 5 nitrogen and oxygen atoms in total. The number of amides is 1. The third kappa shape index (κ3) is 3.08. The van der Waals surface area contributed by atoms with Crippen molar-refractivity contribution in [3.63, 3.8) is 0 Å². The van der Waals surface area contributed by atoms with Gasteiger partial charge in [0.1, 0.15) is 0 Å². The molecule has 3 unspecified atom stereocenters. The van der Waals surface area contributed by atoms with Crippen LogP contribution in [0.4, 0.5) is 5.13 Å². The molecule has 0 aromatic carbocycles. The van der Waals surface area contributed by atoms with Crippen molar-refractivity contribution in [2.45, 2.75) is 65.6 Å². The maximum absolute atomic E-state index is 12.9. The molecular weight excluding hydrogens is 332 g/mol. The Bertz CT molecular complexity index is 649. The first-order valence-electron chi connectivity index (χ1n) is 9.61. The van der Waals surface area contributed by atoms with Gasteiger partial charge in [0.2, 0.25) is 5.91 Å². The Morgan fingerprint density at radius 1 is 1.28 bits per heavy atom. The van der Waals surface area contributed by atoms with Crippen molar-refractivity contribution in [1.29, 1.82) is 0 Å². The van der Waals surface area contributed by atoms with E-state index in [0.29, 0.717) is 12.1 Å². The Labute approximate surface area is 154 Å². The molecule has 0 radical (unpaired) electrons. The smallest absolute Gasteiger partial charge is 0.226 e. The van der Waals surface area contributed by atoms with Crippen LogP contribution in [0.3, 0.4) is 0 Å².